The number of anilines is 1. The number of sulfonamides is 1. The minimum Gasteiger partial charge on any atom is -0.292 e. The van der Waals surface area contributed by atoms with Crippen LogP contribution in [-0.4, -0.2) is 23.4 Å². The number of hydrazine groups is 1. The average Bonchev–Trinajstić information content (AvgIpc) is 2.48. The number of pyridine rings is 1. The van der Waals surface area contributed by atoms with Crippen LogP contribution in [0.2, 0.25) is 0 Å². The first-order chi connectivity index (χ1) is 9.53. The first kappa shape index (κ1) is 14.3. The zero-order valence-electron chi connectivity index (χ0n) is 10.7. The van der Waals surface area contributed by atoms with Gasteiger partial charge in [0.1, 0.15) is 4.90 Å². The molecule has 106 valence electrons. The summed E-state index contributed by atoms with van der Waals surface area (Å²) in [5, 5.41) is 0. The van der Waals surface area contributed by atoms with Crippen LogP contribution in [0.4, 0.5) is 5.95 Å². The molecule has 0 spiro atoms. The molecule has 0 bridgehead atoms. The first-order valence-corrected chi connectivity index (χ1v) is 7.23. The van der Waals surface area contributed by atoms with Gasteiger partial charge in [0.15, 0.2) is 0 Å². The van der Waals surface area contributed by atoms with Crippen molar-refractivity contribution in [2.45, 2.75) is 17.9 Å². The van der Waals surface area contributed by atoms with Crippen LogP contribution in [0, 0.1) is 0 Å². The van der Waals surface area contributed by atoms with E-state index >= 15 is 0 Å². The Morgan fingerprint density at radius 3 is 2.45 bits per heavy atom. The third-order valence-electron chi connectivity index (χ3n) is 2.53. The quantitative estimate of drug-likeness (QED) is 0.531. The summed E-state index contributed by atoms with van der Waals surface area (Å²) in [5.41, 5.74) is 2.85. The zero-order chi connectivity index (χ0) is 14.6. The zero-order valence-corrected chi connectivity index (χ0v) is 11.5. The SMILES string of the molecule is CC(NS(=O)(=O)c1cnc(NN)nc1)c1ccccn1. The Morgan fingerprint density at radius 1 is 1.20 bits per heavy atom. The molecule has 2 aromatic heterocycles. The molecule has 0 aromatic carbocycles. The molecule has 1 atom stereocenters. The maximum Gasteiger partial charge on any atom is 0.244 e. The number of hydrogen-bond donors (Lipinski definition) is 3. The highest BCUT2D eigenvalue weighted by Gasteiger charge is 2.19. The fourth-order valence-corrected chi connectivity index (χ4v) is 2.63. The van der Waals surface area contributed by atoms with E-state index in [1.54, 1.807) is 31.3 Å². The number of nitrogens with one attached hydrogen (secondary N) is 2. The Labute approximate surface area is 116 Å². The molecule has 0 aliphatic rings. The Hall–Kier alpha value is -2.10. The lowest BCUT2D eigenvalue weighted by molar-refractivity contribution is 0.563. The topological polar surface area (TPSA) is 123 Å². The van der Waals surface area contributed by atoms with Crippen LogP contribution >= 0.6 is 0 Å². The van der Waals surface area contributed by atoms with Crippen LogP contribution in [0.3, 0.4) is 0 Å². The fraction of sp³-hybridized carbons (Fsp3) is 0.182. The van der Waals surface area contributed by atoms with Gasteiger partial charge in [0.2, 0.25) is 16.0 Å². The summed E-state index contributed by atoms with van der Waals surface area (Å²) >= 11 is 0. The van der Waals surface area contributed by atoms with Crippen molar-refractivity contribution in [1.29, 1.82) is 0 Å². The second-order valence-electron chi connectivity index (χ2n) is 3.98. The maximum absolute atomic E-state index is 12.1. The first-order valence-electron chi connectivity index (χ1n) is 5.75. The van der Waals surface area contributed by atoms with Crippen molar-refractivity contribution in [3.8, 4) is 0 Å². The third-order valence-corrected chi connectivity index (χ3v) is 4.03. The number of nitrogens with two attached hydrogens (primary N) is 1. The number of rotatable bonds is 5. The van der Waals surface area contributed by atoms with Gasteiger partial charge in [-0.3, -0.25) is 10.4 Å². The molecule has 0 aliphatic carbocycles. The number of aromatic nitrogens is 3. The van der Waals surface area contributed by atoms with Crippen LogP contribution in [0.15, 0.2) is 41.7 Å². The highest BCUT2D eigenvalue weighted by Crippen LogP contribution is 2.14. The lowest BCUT2D eigenvalue weighted by Gasteiger charge is -2.13. The van der Waals surface area contributed by atoms with Crippen molar-refractivity contribution in [3.63, 3.8) is 0 Å². The maximum atomic E-state index is 12.1. The minimum atomic E-state index is -3.72. The van der Waals surface area contributed by atoms with Gasteiger partial charge in [-0.1, -0.05) is 6.07 Å². The second-order valence-corrected chi connectivity index (χ2v) is 5.70. The average molecular weight is 294 g/mol. The van der Waals surface area contributed by atoms with Crippen molar-refractivity contribution in [1.82, 2.24) is 19.7 Å². The van der Waals surface area contributed by atoms with Crippen LogP contribution < -0.4 is 16.0 Å². The van der Waals surface area contributed by atoms with Crippen LogP contribution in [-0.2, 0) is 10.0 Å². The van der Waals surface area contributed by atoms with Crippen molar-refractivity contribution < 1.29 is 8.42 Å². The van der Waals surface area contributed by atoms with E-state index in [9.17, 15) is 8.42 Å². The van der Waals surface area contributed by atoms with E-state index in [0.29, 0.717) is 5.69 Å². The largest absolute Gasteiger partial charge is 0.292 e. The lowest BCUT2D eigenvalue weighted by Crippen LogP contribution is -2.27. The summed E-state index contributed by atoms with van der Waals surface area (Å²) in [5.74, 6) is 5.26. The molecule has 8 nitrogen and oxygen atoms in total. The van der Waals surface area contributed by atoms with Crippen molar-refractivity contribution >= 4 is 16.0 Å². The van der Waals surface area contributed by atoms with Crippen LogP contribution in [0.5, 0.6) is 0 Å². The van der Waals surface area contributed by atoms with Gasteiger partial charge in [-0.2, -0.15) is 0 Å². The van der Waals surface area contributed by atoms with Gasteiger partial charge < -0.3 is 0 Å². The molecule has 4 N–H and O–H groups in total. The highest BCUT2D eigenvalue weighted by atomic mass is 32.2. The van der Waals surface area contributed by atoms with Crippen molar-refractivity contribution in [2.75, 3.05) is 5.43 Å². The molecule has 1 unspecified atom stereocenters. The van der Waals surface area contributed by atoms with E-state index in [1.165, 1.54) is 12.4 Å². The summed E-state index contributed by atoms with van der Waals surface area (Å²) in [6.07, 6.45) is 3.95. The number of nitrogen functional groups attached to an aromatic ring is 1. The fourth-order valence-electron chi connectivity index (χ4n) is 1.52. The van der Waals surface area contributed by atoms with E-state index in [0.717, 1.165) is 0 Å². The molecular weight excluding hydrogens is 280 g/mol. The minimum absolute atomic E-state index is 0.0423. The molecule has 0 radical (unpaired) electrons. The molecular formula is C11H14N6O2S. The molecule has 0 aliphatic heterocycles. The molecule has 0 saturated carbocycles. The second kappa shape index (κ2) is 5.90. The molecule has 2 heterocycles. The van der Waals surface area contributed by atoms with Crippen molar-refractivity contribution in [3.05, 3.63) is 42.5 Å². The Morgan fingerprint density at radius 2 is 1.90 bits per heavy atom. The molecule has 2 aromatic rings. The normalized spacial score (nSPS) is 12.9. The van der Waals surface area contributed by atoms with Gasteiger partial charge in [-0.15, -0.1) is 0 Å². The molecule has 0 saturated heterocycles. The van der Waals surface area contributed by atoms with E-state index in [2.05, 4.69) is 25.1 Å². The Bertz CT molecular complexity index is 659. The monoisotopic (exact) mass is 294 g/mol. The predicted octanol–water partition coefficient (Wildman–Crippen LogP) is 0.197. The summed E-state index contributed by atoms with van der Waals surface area (Å²) in [4.78, 5) is 11.6. The van der Waals surface area contributed by atoms with Gasteiger partial charge >= 0.3 is 0 Å². The molecule has 9 heteroatoms. The van der Waals surface area contributed by atoms with E-state index < -0.39 is 16.1 Å². The number of nitrogens with zero attached hydrogens (tertiary/aromatic N) is 3. The standard InChI is InChI=1S/C11H14N6O2S/c1-8(10-4-2-3-5-13-10)17-20(18,19)9-6-14-11(16-12)15-7-9/h2-8,17H,12H2,1H3,(H,14,15,16). The van der Waals surface area contributed by atoms with Gasteiger partial charge in [0.05, 0.1) is 24.1 Å². The molecule has 2 rings (SSSR count). The summed E-state index contributed by atoms with van der Waals surface area (Å²) < 4.78 is 26.8. The van der Waals surface area contributed by atoms with Crippen molar-refractivity contribution in [2.24, 2.45) is 5.84 Å². The van der Waals surface area contributed by atoms with Gasteiger partial charge in [0.25, 0.3) is 0 Å². The molecule has 20 heavy (non-hydrogen) atoms. The van der Waals surface area contributed by atoms with Gasteiger partial charge in [-0.05, 0) is 19.1 Å². The van der Waals surface area contributed by atoms with Crippen LogP contribution in [0.1, 0.15) is 18.7 Å². The molecule has 0 fully saturated rings. The smallest absolute Gasteiger partial charge is 0.244 e. The molecule has 0 amide bonds. The lowest BCUT2D eigenvalue weighted by atomic mass is 10.2. The predicted molar refractivity (Wildman–Crippen MR) is 72.8 cm³/mol. The van der Waals surface area contributed by atoms with Gasteiger partial charge in [0, 0.05) is 6.20 Å². The highest BCUT2D eigenvalue weighted by molar-refractivity contribution is 7.89. The Kier molecular flexibility index (Phi) is 4.23. The Balaban J connectivity index is 2.18. The van der Waals surface area contributed by atoms with Gasteiger partial charge in [-0.25, -0.2) is 29.0 Å². The van der Waals surface area contributed by atoms with Crippen LogP contribution in [0.25, 0.3) is 0 Å². The number of hydrogen-bond acceptors (Lipinski definition) is 7. The summed E-state index contributed by atoms with van der Waals surface area (Å²) in [6.45, 7) is 1.70. The van der Waals surface area contributed by atoms with E-state index in [1.807, 2.05) is 0 Å². The summed E-state index contributed by atoms with van der Waals surface area (Å²) in [6, 6.07) is 4.83. The summed E-state index contributed by atoms with van der Waals surface area (Å²) in [7, 11) is -3.72. The third kappa shape index (κ3) is 3.26. The van der Waals surface area contributed by atoms with E-state index in [4.69, 9.17) is 5.84 Å². The van der Waals surface area contributed by atoms with E-state index in [-0.39, 0.29) is 10.8 Å².